The largest absolute Gasteiger partial charge is 0.392 e. The van der Waals surface area contributed by atoms with Crippen molar-refractivity contribution in [3.05, 3.63) is 65.0 Å². The van der Waals surface area contributed by atoms with E-state index in [0.717, 1.165) is 10.5 Å². The topological polar surface area (TPSA) is 98.7 Å². The van der Waals surface area contributed by atoms with Gasteiger partial charge in [0.05, 0.1) is 24.5 Å². The Morgan fingerprint density at radius 1 is 1.13 bits per heavy atom. The number of amides is 3. The lowest BCUT2D eigenvalue weighted by Gasteiger charge is -2.30. The number of carbonyl (C=O) groups excluding carboxylic acids is 3. The first-order chi connectivity index (χ1) is 14.8. The normalized spacial score (nSPS) is 30.0. The Balaban J connectivity index is 1.61. The van der Waals surface area contributed by atoms with Crippen molar-refractivity contribution in [1.82, 2.24) is 10.2 Å². The summed E-state index contributed by atoms with van der Waals surface area (Å²) in [5.41, 5.74) is 1.26. The maximum Gasteiger partial charge on any atom is 0.250 e. The zero-order valence-electron chi connectivity index (χ0n) is 17.1. The SMILES string of the molecule is Cc1cccc2c1NC(=O)[C@@]21N[C@@H]([C@@H](C)O)[C@H]2C(=O)N(Cc3ccc(F)cc3)C(=O)[C@H]21. The first-order valence-corrected chi connectivity index (χ1v) is 10.2. The molecule has 8 heteroatoms. The van der Waals surface area contributed by atoms with E-state index in [-0.39, 0.29) is 6.54 Å². The molecule has 3 heterocycles. The maximum atomic E-state index is 13.6. The van der Waals surface area contributed by atoms with Crippen molar-refractivity contribution in [2.75, 3.05) is 5.32 Å². The van der Waals surface area contributed by atoms with Gasteiger partial charge >= 0.3 is 0 Å². The van der Waals surface area contributed by atoms with Crippen molar-refractivity contribution in [3.8, 4) is 0 Å². The van der Waals surface area contributed by atoms with E-state index in [1.807, 2.05) is 13.0 Å². The lowest BCUT2D eigenvalue weighted by atomic mass is 9.76. The molecule has 2 aromatic rings. The summed E-state index contributed by atoms with van der Waals surface area (Å²) in [7, 11) is 0. The molecule has 2 saturated heterocycles. The number of anilines is 1. The molecule has 31 heavy (non-hydrogen) atoms. The zero-order valence-corrected chi connectivity index (χ0v) is 17.1. The van der Waals surface area contributed by atoms with Crippen molar-refractivity contribution in [2.24, 2.45) is 11.8 Å². The van der Waals surface area contributed by atoms with Gasteiger partial charge in [-0.25, -0.2) is 4.39 Å². The Morgan fingerprint density at radius 3 is 2.52 bits per heavy atom. The molecule has 0 bridgehead atoms. The number of nitrogens with one attached hydrogen (secondary N) is 2. The van der Waals surface area contributed by atoms with Gasteiger partial charge in [-0.05, 0) is 37.1 Å². The first-order valence-electron chi connectivity index (χ1n) is 10.2. The highest BCUT2D eigenvalue weighted by Gasteiger charge is 2.71. The van der Waals surface area contributed by atoms with E-state index in [4.69, 9.17) is 0 Å². The van der Waals surface area contributed by atoms with Gasteiger partial charge in [0, 0.05) is 17.3 Å². The molecular formula is C23H22FN3O4. The molecule has 1 spiro atoms. The Morgan fingerprint density at radius 2 is 1.84 bits per heavy atom. The summed E-state index contributed by atoms with van der Waals surface area (Å²) in [5.74, 6) is -3.59. The summed E-state index contributed by atoms with van der Waals surface area (Å²) >= 11 is 0. The molecule has 160 valence electrons. The van der Waals surface area contributed by atoms with Crippen LogP contribution in [0.25, 0.3) is 0 Å². The smallest absolute Gasteiger partial charge is 0.250 e. The van der Waals surface area contributed by atoms with Gasteiger partial charge in [0.15, 0.2) is 0 Å². The highest BCUT2D eigenvalue weighted by atomic mass is 19.1. The van der Waals surface area contributed by atoms with Crippen LogP contribution in [0.4, 0.5) is 10.1 Å². The molecule has 3 amide bonds. The molecule has 5 rings (SSSR count). The van der Waals surface area contributed by atoms with E-state index in [0.29, 0.717) is 16.8 Å². The van der Waals surface area contributed by atoms with Gasteiger partial charge in [-0.1, -0.05) is 30.3 Å². The first kappa shape index (κ1) is 19.8. The number of halogens is 1. The quantitative estimate of drug-likeness (QED) is 0.649. The Kier molecular flexibility index (Phi) is 4.29. The average Bonchev–Trinajstić information content (AvgIpc) is 3.32. The van der Waals surface area contributed by atoms with Gasteiger partial charge in [0.2, 0.25) is 17.7 Å². The van der Waals surface area contributed by atoms with E-state index < -0.39 is 53.1 Å². The number of fused-ring (bicyclic) bond motifs is 4. The lowest BCUT2D eigenvalue weighted by molar-refractivity contribution is -0.143. The van der Waals surface area contributed by atoms with Crippen molar-refractivity contribution in [3.63, 3.8) is 0 Å². The van der Waals surface area contributed by atoms with Gasteiger partial charge < -0.3 is 10.4 Å². The number of benzene rings is 2. The number of hydrogen-bond acceptors (Lipinski definition) is 5. The van der Waals surface area contributed by atoms with E-state index in [1.165, 1.54) is 31.2 Å². The zero-order chi connectivity index (χ0) is 22.1. The highest BCUT2D eigenvalue weighted by Crippen LogP contribution is 2.54. The average molecular weight is 423 g/mol. The molecular weight excluding hydrogens is 401 g/mol. The fourth-order valence-corrected chi connectivity index (χ4v) is 5.31. The van der Waals surface area contributed by atoms with Crippen LogP contribution in [0.2, 0.25) is 0 Å². The van der Waals surface area contributed by atoms with Crippen molar-refractivity contribution >= 4 is 23.4 Å². The number of para-hydroxylation sites is 1. The van der Waals surface area contributed by atoms with Crippen molar-refractivity contribution in [2.45, 2.75) is 38.1 Å². The number of likely N-dealkylation sites (tertiary alicyclic amines) is 1. The number of aryl methyl sites for hydroxylation is 1. The van der Waals surface area contributed by atoms with Crippen LogP contribution in [0.1, 0.15) is 23.6 Å². The second kappa shape index (κ2) is 6.70. The van der Waals surface area contributed by atoms with Gasteiger partial charge in [0.25, 0.3) is 0 Å². The molecule has 0 aliphatic carbocycles. The summed E-state index contributed by atoms with van der Waals surface area (Å²) in [6, 6.07) is 10.3. The number of aliphatic hydroxyl groups is 1. The van der Waals surface area contributed by atoms with Gasteiger partial charge in [0.1, 0.15) is 11.4 Å². The van der Waals surface area contributed by atoms with Gasteiger partial charge in [-0.3, -0.25) is 24.6 Å². The van der Waals surface area contributed by atoms with Crippen molar-refractivity contribution in [1.29, 1.82) is 0 Å². The van der Waals surface area contributed by atoms with E-state index in [9.17, 15) is 23.9 Å². The maximum absolute atomic E-state index is 13.6. The third-order valence-corrected chi connectivity index (χ3v) is 6.76. The van der Waals surface area contributed by atoms with Crippen LogP contribution in [0.5, 0.6) is 0 Å². The Labute approximate surface area is 178 Å². The monoisotopic (exact) mass is 423 g/mol. The minimum Gasteiger partial charge on any atom is -0.392 e. The molecule has 3 N–H and O–H groups in total. The fraction of sp³-hybridized carbons (Fsp3) is 0.348. The number of aliphatic hydroxyl groups excluding tert-OH is 1. The summed E-state index contributed by atoms with van der Waals surface area (Å²) in [5, 5.41) is 16.5. The minimum atomic E-state index is -1.43. The molecule has 3 aliphatic heterocycles. The molecule has 0 radical (unpaired) electrons. The second-order valence-corrected chi connectivity index (χ2v) is 8.56. The molecule has 0 aromatic heterocycles. The van der Waals surface area contributed by atoms with Crippen LogP contribution in [0, 0.1) is 24.6 Å². The van der Waals surface area contributed by atoms with Crippen LogP contribution in [-0.4, -0.2) is 39.9 Å². The summed E-state index contributed by atoms with van der Waals surface area (Å²) in [6.45, 7) is 3.38. The third kappa shape index (κ3) is 2.61. The Bertz CT molecular complexity index is 1120. The standard InChI is InChI=1S/C23H22FN3O4/c1-11-4-3-5-15-18(11)25-22(31)23(15)17-16(19(26-23)12(2)28)20(29)27(21(17)30)10-13-6-8-14(24)9-7-13/h3-9,12,16-17,19,26,28H,10H2,1-2H3,(H,25,31)/t12-,16+,17+,19+,23-/m1/s1. The number of carbonyl (C=O) groups is 3. The summed E-state index contributed by atoms with van der Waals surface area (Å²) in [6.07, 6.45) is -0.962. The molecule has 2 aromatic carbocycles. The minimum absolute atomic E-state index is 0.0180. The molecule has 7 nitrogen and oxygen atoms in total. The fourth-order valence-electron chi connectivity index (χ4n) is 5.31. The van der Waals surface area contributed by atoms with Crippen LogP contribution in [0.3, 0.4) is 0 Å². The van der Waals surface area contributed by atoms with E-state index >= 15 is 0 Å². The molecule has 2 fully saturated rings. The summed E-state index contributed by atoms with van der Waals surface area (Å²) in [4.78, 5) is 41.3. The second-order valence-electron chi connectivity index (χ2n) is 8.56. The summed E-state index contributed by atoms with van der Waals surface area (Å²) < 4.78 is 13.3. The third-order valence-electron chi connectivity index (χ3n) is 6.76. The molecule has 3 aliphatic rings. The lowest BCUT2D eigenvalue weighted by Crippen LogP contribution is -2.54. The highest BCUT2D eigenvalue weighted by molar-refractivity contribution is 6.15. The van der Waals surface area contributed by atoms with E-state index in [1.54, 1.807) is 12.1 Å². The molecule has 5 atom stereocenters. The van der Waals surface area contributed by atoms with Crippen LogP contribution >= 0.6 is 0 Å². The number of imide groups is 1. The predicted molar refractivity (Wildman–Crippen MR) is 109 cm³/mol. The Hall–Kier alpha value is -3.10. The number of hydrogen-bond donors (Lipinski definition) is 3. The van der Waals surface area contributed by atoms with Crippen LogP contribution < -0.4 is 10.6 Å². The van der Waals surface area contributed by atoms with Crippen LogP contribution in [-0.2, 0) is 26.5 Å². The van der Waals surface area contributed by atoms with E-state index in [2.05, 4.69) is 10.6 Å². The molecule has 0 unspecified atom stereocenters. The molecule has 0 saturated carbocycles. The van der Waals surface area contributed by atoms with Crippen LogP contribution in [0.15, 0.2) is 42.5 Å². The van der Waals surface area contributed by atoms with Crippen molar-refractivity contribution < 1.29 is 23.9 Å². The number of rotatable bonds is 3. The number of nitrogens with zero attached hydrogens (tertiary/aromatic N) is 1. The van der Waals surface area contributed by atoms with Gasteiger partial charge in [-0.15, -0.1) is 0 Å². The van der Waals surface area contributed by atoms with Gasteiger partial charge in [-0.2, -0.15) is 0 Å². The predicted octanol–water partition coefficient (Wildman–Crippen LogP) is 1.44.